The molecule has 0 unspecified atom stereocenters. The Balaban J connectivity index is 1.55. The zero-order valence-corrected chi connectivity index (χ0v) is 21.2. The third kappa shape index (κ3) is 3.93. The molecule has 4 heterocycles. The Morgan fingerprint density at radius 2 is 1.15 bits per heavy atom. The Bertz CT molecular complexity index is 2080. The second-order valence-electron chi connectivity index (χ2n) is 9.49. The van der Waals surface area contributed by atoms with Crippen LogP contribution in [-0.2, 0) is 0 Å². The summed E-state index contributed by atoms with van der Waals surface area (Å²) in [6, 6.07) is 23.9. The van der Waals surface area contributed by atoms with Gasteiger partial charge in [0, 0.05) is 59.3 Å². The van der Waals surface area contributed by atoms with E-state index in [1.165, 1.54) is 36.9 Å². The van der Waals surface area contributed by atoms with Crippen molar-refractivity contribution in [2.24, 2.45) is 0 Å². The lowest BCUT2D eigenvalue weighted by molar-refractivity contribution is -0.384. The topological polar surface area (TPSA) is 130 Å². The first kappa shape index (κ1) is 24.0. The van der Waals surface area contributed by atoms with Gasteiger partial charge in [-0.25, -0.2) is 4.98 Å². The Morgan fingerprint density at radius 1 is 0.610 bits per heavy atom. The summed E-state index contributed by atoms with van der Waals surface area (Å²) < 4.78 is 1.98. The number of hydrogen-bond acceptors (Lipinski definition) is 7. The van der Waals surface area contributed by atoms with Crippen LogP contribution < -0.4 is 0 Å². The monoisotopic (exact) mass is 538 g/mol. The van der Waals surface area contributed by atoms with Crippen LogP contribution in [0.2, 0.25) is 0 Å². The molecule has 10 heteroatoms. The molecule has 0 saturated carbocycles. The zero-order valence-electron chi connectivity index (χ0n) is 21.2. The van der Waals surface area contributed by atoms with Crippen LogP contribution in [0.3, 0.4) is 0 Å². The number of pyridine rings is 3. The van der Waals surface area contributed by atoms with Gasteiger partial charge in [0.2, 0.25) is 0 Å². The first-order valence-corrected chi connectivity index (χ1v) is 12.6. The molecule has 0 aliphatic heterocycles. The van der Waals surface area contributed by atoms with Gasteiger partial charge in [-0.1, -0.05) is 48.5 Å². The molecule has 196 valence electrons. The van der Waals surface area contributed by atoms with Crippen molar-refractivity contribution < 1.29 is 9.85 Å². The Labute approximate surface area is 231 Å². The van der Waals surface area contributed by atoms with Gasteiger partial charge < -0.3 is 0 Å². The molecule has 0 aliphatic carbocycles. The van der Waals surface area contributed by atoms with Gasteiger partial charge in [-0.2, -0.15) is 0 Å². The highest BCUT2D eigenvalue weighted by atomic mass is 16.6. The fraction of sp³-hybridized carbons (Fsp3) is 0. The molecule has 41 heavy (non-hydrogen) atoms. The zero-order chi connectivity index (χ0) is 28.1. The summed E-state index contributed by atoms with van der Waals surface area (Å²) in [6.07, 6.45) is 7.57. The van der Waals surface area contributed by atoms with Gasteiger partial charge in [0.1, 0.15) is 5.82 Å². The van der Waals surface area contributed by atoms with Crippen LogP contribution in [0.1, 0.15) is 0 Å². The second kappa shape index (κ2) is 9.31. The number of rotatable bonds is 5. The molecule has 0 atom stereocenters. The lowest BCUT2D eigenvalue weighted by atomic mass is 10.0. The van der Waals surface area contributed by atoms with Gasteiger partial charge in [-0.3, -0.25) is 34.8 Å². The molecule has 0 fully saturated rings. The molecule has 10 nitrogen and oxygen atoms in total. The Hall–Kier alpha value is -6.03. The summed E-state index contributed by atoms with van der Waals surface area (Å²) >= 11 is 0. The van der Waals surface area contributed by atoms with Crippen LogP contribution in [0.15, 0.2) is 110 Å². The molecule has 0 aliphatic rings. The van der Waals surface area contributed by atoms with E-state index in [2.05, 4.69) is 9.97 Å². The van der Waals surface area contributed by atoms with Crippen LogP contribution in [0.25, 0.3) is 60.6 Å². The second-order valence-corrected chi connectivity index (χ2v) is 9.49. The third-order valence-electron chi connectivity index (χ3n) is 7.22. The van der Waals surface area contributed by atoms with Gasteiger partial charge in [0.15, 0.2) is 0 Å². The molecule has 7 aromatic rings. The standard InChI is InChI=1S/C31H18N6O4/c38-36(39)27-9-11-32-17-25(27)20-5-7-23-24-8-6-21(26-18-33-12-10-28(26)37(40)41)14-30(24)35(29(23)13-20)31-15-19-3-1-2-4-22(19)16-34-31/h1-18H. The van der Waals surface area contributed by atoms with Gasteiger partial charge in [-0.15, -0.1) is 0 Å². The molecule has 0 saturated heterocycles. The average Bonchev–Trinajstić information content (AvgIpc) is 3.33. The van der Waals surface area contributed by atoms with Crippen LogP contribution in [0.4, 0.5) is 11.4 Å². The maximum absolute atomic E-state index is 11.8. The number of aromatic nitrogens is 4. The van der Waals surface area contributed by atoms with Gasteiger partial charge in [0.25, 0.3) is 11.4 Å². The predicted molar refractivity (Wildman–Crippen MR) is 156 cm³/mol. The molecule has 0 spiro atoms. The van der Waals surface area contributed by atoms with Crippen LogP contribution in [0, 0.1) is 20.2 Å². The van der Waals surface area contributed by atoms with Gasteiger partial charge >= 0.3 is 0 Å². The molecule has 0 N–H and O–H groups in total. The molecule has 7 rings (SSSR count). The molecular weight excluding hydrogens is 520 g/mol. The number of fused-ring (bicyclic) bond motifs is 4. The van der Waals surface area contributed by atoms with E-state index in [0.29, 0.717) is 28.1 Å². The van der Waals surface area contributed by atoms with Gasteiger partial charge in [-0.05, 0) is 34.7 Å². The minimum Gasteiger partial charge on any atom is -0.294 e. The van der Waals surface area contributed by atoms with E-state index in [-0.39, 0.29) is 11.4 Å². The number of hydrogen-bond donors (Lipinski definition) is 0. The van der Waals surface area contributed by atoms with E-state index < -0.39 is 9.85 Å². The maximum Gasteiger partial charge on any atom is 0.280 e. The summed E-state index contributed by atoms with van der Waals surface area (Å²) in [5.41, 5.74) is 3.51. The average molecular weight is 539 g/mol. The molecule has 0 bridgehead atoms. The van der Waals surface area contributed by atoms with Crippen LogP contribution >= 0.6 is 0 Å². The third-order valence-corrected chi connectivity index (χ3v) is 7.22. The lowest BCUT2D eigenvalue weighted by Crippen LogP contribution is -1.98. The Kier molecular flexibility index (Phi) is 5.46. The van der Waals surface area contributed by atoms with Crippen molar-refractivity contribution in [2.45, 2.75) is 0 Å². The lowest BCUT2D eigenvalue weighted by Gasteiger charge is -2.10. The van der Waals surface area contributed by atoms with Crippen molar-refractivity contribution in [1.82, 2.24) is 19.5 Å². The summed E-state index contributed by atoms with van der Waals surface area (Å²) in [5.74, 6) is 0.638. The summed E-state index contributed by atoms with van der Waals surface area (Å²) in [5, 5.41) is 27.3. The van der Waals surface area contributed by atoms with E-state index >= 15 is 0 Å². The first-order chi connectivity index (χ1) is 20.0. The van der Waals surface area contributed by atoms with Crippen molar-refractivity contribution in [1.29, 1.82) is 0 Å². The van der Waals surface area contributed by atoms with Crippen molar-refractivity contribution in [3.63, 3.8) is 0 Å². The minimum absolute atomic E-state index is 0.0444. The quantitative estimate of drug-likeness (QED) is 0.166. The molecular formula is C31H18N6O4. The highest BCUT2D eigenvalue weighted by Gasteiger charge is 2.21. The number of nitrogens with zero attached hydrogens (tertiary/aromatic N) is 6. The molecule has 4 aromatic heterocycles. The van der Waals surface area contributed by atoms with Crippen molar-refractivity contribution in [2.75, 3.05) is 0 Å². The van der Waals surface area contributed by atoms with E-state index in [1.807, 2.05) is 71.3 Å². The molecule has 0 amide bonds. The normalized spacial score (nSPS) is 11.3. The molecule has 3 aromatic carbocycles. The van der Waals surface area contributed by atoms with Crippen molar-refractivity contribution in [3.8, 4) is 28.1 Å². The van der Waals surface area contributed by atoms with Crippen LogP contribution in [-0.4, -0.2) is 29.4 Å². The van der Waals surface area contributed by atoms with Crippen molar-refractivity contribution >= 4 is 44.0 Å². The fourth-order valence-electron chi connectivity index (χ4n) is 5.33. The Morgan fingerprint density at radius 3 is 1.68 bits per heavy atom. The summed E-state index contributed by atoms with van der Waals surface area (Å²) in [7, 11) is 0. The van der Waals surface area contributed by atoms with Crippen LogP contribution in [0.5, 0.6) is 0 Å². The van der Waals surface area contributed by atoms with E-state index in [9.17, 15) is 20.2 Å². The number of nitro groups is 2. The number of benzene rings is 3. The van der Waals surface area contributed by atoms with Gasteiger partial charge in [0.05, 0.1) is 32.0 Å². The van der Waals surface area contributed by atoms with Crippen molar-refractivity contribution in [3.05, 3.63) is 130 Å². The van der Waals surface area contributed by atoms with E-state index in [1.54, 1.807) is 6.20 Å². The smallest absolute Gasteiger partial charge is 0.280 e. The molecule has 0 radical (unpaired) electrons. The summed E-state index contributed by atoms with van der Waals surface area (Å²) in [6.45, 7) is 0. The highest BCUT2D eigenvalue weighted by molar-refractivity contribution is 6.11. The largest absolute Gasteiger partial charge is 0.294 e. The van der Waals surface area contributed by atoms with E-state index in [4.69, 9.17) is 4.98 Å². The highest BCUT2D eigenvalue weighted by Crippen LogP contribution is 2.39. The fourth-order valence-corrected chi connectivity index (χ4v) is 5.33. The maximum atomic E-state index is 11.8. The van der Waals surface area contributed by atoms with E-state index in [0.717, 1.165) is 32.6 Å². The first-order valence-electron chi connectivity index (χ1n) is 12.6. The predicted octanol–water partition coefficient (Wildman–Crippen LogP) is 7.27. The SMILES string of the molecule is O=[N+]([O-])c1ccncc1-c1ccc2c3ccc(-c4cnccc4[N+](=O)[O-])cc3n(-c3cc4ccccc4cn3)c2c1. The minimum atomic E-state index is -0.422. The summed E-state index contributed by atoms with van der Waals surface area (Å²) in [4.78, 5) is 35.7.